The number of benzene rings is 1. The number of carboxylic acid groups (broad SMARTS) is 1. The number of carbonyl (C=O) groups is 2. The van der Waals surface area contributed by atoms with Gasteiger partial charge in [-0.05, 0) is 12.1 Å². The van der Waals surface area contributed by atoms with E-state index in [0.29, 0.717) is 9.90 Å². The fourth-order valence-corrected chi connectivity index (χ4v) is 2.90. The van der Waals surface area contributed by atoms with E-state index in [1.54, 1.807) is 18.2 Å². The number of amides is 1. The highest BCUT2D eigenvalue weighted by Gasteiger charge is 2.10. The lowest BCUT2D eigenvalue weighted by Crippen LogP contribution is -2.24. The van der Waals surface area contributed by atoms with Gasteiger partial charge in [0, 0.05) is 10.3 Å². The molecule has 0 unspecified atom stereocenters. The van der Waals surface area contributed by atoms with Crippen LogP contribution in [0.1, 0.15) is 15.5 Å². The standard InChI is InChI=1S/C13H11FN2O3S2/c14-8-3-1-2-4-10(8)20-7-11(17)15-5-12-16-9(6-21-12)13(18)19/h1-4,6H,5,7H2,(H,15,17)(H,18,19). The second kappa shape index (κ2) is 7.19. The first kappa shape index (κ1) is 15.5. The van der Waals surface area contributed by atoms with Crippen molar-refractivity contribution in [2.75, 3.05) is 5.75 Å². The van der Waals surface area contributed by atoms with Gasteiger partial charge >= 0.3 is 5.97 Å². The molecular formula is C13H11FN2O3S2. The van der Waals surface area contributed by atoms with Crippen molar-refractivity contribution in [1.82, 2.24) is 10.3 Å². The summed E-state index contributed by atoms with van der Waals surface area (Å²) in [5.41, 5.74) is -0.0371. The van der Waals surface area contributed by atoms with Gasteiger partial charge in [-0.15, -0.1) is 23.1 Å². The normalized spacial score (nSPS) is 10.3. The van der Waals surface area contributed by atoms with Crippen molar-refractivity contribution in [3.8, 4) is 0 Å². The van der Waals surface area contributed by atoms with E-state index < -0.39 is 5.97 Å². The highest BCUT2D eigenvalue weighted by atomic mass is 32.2. The molecule has 2 aromatic rings. The largest absolute Gasteiger partial charge is 0.476 e. The molecule has 1 aromatic carbocycles. The summed E-state index contributed by atoms with van der Waals surface area (Å²) in [7, 11) is 0. The van der Waals surface area contributed by atoms with Crippen LogP contribution in [-0.2, 0) is 11.3 Å². The molecule has 21 heavy (non-hydrogen) atoms. The Morgan fingerprint density at radius 1 is 1.38 bits per heavy atom. The summed E-state index contributed by atoms with van der Waals surface area (Å²) in [6.07, 6.45) is 0. The molecule has 0 spiro atoms. The van der Waals surface area contributed by atoms with Crippen LogP contribution in [0.25, 0.3) is 0 Å². The number of carboxylic acids is 1. The zero-order valence-electron chi connectivity index (χ0n) is 10.7. The molecule has 2 rings (SSSR count). The molecule has 0 fully saturated rings. The Hall–Kier alpha value is -1.93. The van der Waals surface area contributed by atoms with Crippen LogP contribution >= 0.6 is 23.1 Å². The van der Waals surface area contributed by atoms with Gasteiger partial charge in [0.15, 0.2) is 5.69 Å². The quantitative estimate of drug-likeness (QED) is 0.797. The molecule has 1 amide bonds. The fourth-order valence-electron chi connectivity index (χ4n) is 1.42. The number of aromatic carboxylic acids is 1. The molecule has 0 saturated heterocycles. The summed E-state index contributed by atoms with van der Waals surface area (Å²) in [6, 6.07) is 6.23. The van der Waals surface area contributed by atoms with Crippen molar-refractivity contribution in [2.45, 2.75) is 11.4 Å². The summed E-state index contributed by atoms with van der Waals surface area (Å²) >= 11 is 2.27. The topological polar surface area (TPSA) is 79.3 Å². The van der Waals surface area contributed by atoms with E-state index in [4.69, 9.17) is 5.11 Å². The number of rotatable bonds is 6. The second-order valence-corrected chi connectivity index (χ2v) is 5.89. The van der Waals surface area contributed by atoms with E-state index in [2.05, 4.69) is 10.3 Å². The summed E-state index contributed by atoms with van der Waals surface area (Å²) in [4.78, 5) is 26.6. The van der Waals surface area contributed by atoms with E-state index >= 15 is 0 Å². The second-order valence-electron chi connectivity index (χ2n) is 3.93. The Balaban J connectivity index is 1.79. The predicted octanol–water partition coefficient (Wildman–Crippen LogP) is 2.39. The number of thiazole rings is 1. The van der Waals surface area contributed by atoms with Gasteiger partial charge < -0.3 is 10.4 Å². The van der Waals surface area contributed by atoms with Crippen LogP contribution in [0.3, 0.4) is 0 Å². The first-order valence-electron chi connectivity index (χ1n) is 5.88. The highest BCUT2D eigenvalue weighted by molar-refractivity contribution is 8.00. The van der Waals surface area contributed by atoms with Gasteiger partial charge in [-0.2, -0.15) is 0 Å². The molecule has 5 nitrogen and oxygen atoms in total. The lowest BCUT2D eigenvalue weighted by Gasteiger charge is -2.04. The van der Waals surface area contributed by atoms with E-state index in [1.807, 2.05) is 0 Å². The van der Waals surface area contributed by atoms with Crippen molar-refractivity contribution in [2.24, 2.45) is 0 Å². The summed E-state index contributed by atoms with van der Waals surface area (Å²) in [5.74, 6) is -1.64. The molecule has 0 saturated carbocycles. The lowest BCUT2D eigenvalue weighted by molar-refractivity contribution is -0.118. The van der Waals surface area contributed by atoms with Crippen LogP contribution in [-0.4, -0.2) is 27.7 Å². The summed E-state index contributed by atoms with van der Waals surface area (Å²) in [5, 5.41) is 13.3. The van der Waals surface area contributed by atoms with Gasteiger partial charge in [-0.25, -0.2) is 14.2 Å². The molecule has 8 heteroatoms. The molecule has 0 aliphatic heterocycles. The Morgan fingerprint density at radius 2 is 2.14 bits per heavy atom. The van der Waals surface area contributed by atoms with Gasteiger partial charge in [-0.3, -0.25) is 4.79 Å². The monoisotopic (exact) mass is 326 g/mol. The van der Waals surface area contributed by atoms with Crippen LogP contribution in [0.2, 0.25) is 0 Å². The lowest BCUT2D eigenvalue weighted by atomic mass is 10.3. The molecule has 110 valence electrons. The first-order valence-corrected chi connectivity index (χ1v) is 7.74. The Kier molecular flexibility index (Phi) is 5.29. The number of aromatic nitrogens is 1. The Morgan fingerprint density at radius 3 is 2.81 bits per heavy atom. The van der Waals surface area contributed by atoms with Gasteiger partial charge in [-0.1, -0.05) is 12.1 Å². The number of nitrogens with zero attached hydrogens (tertiary/aromatic N) is 1. The predicted molar refractivity (Wildman–Crippen MR) is 78.0 cm³/mol. The van der Waals surface area contributed by atoms with Crippen LogP contribution < -0.4 is 5.32 Å². The van der Waals surface area contributed by atoms with Crippen molar-refractivity contribution >= 4 is 35.0 Å². The van der Waals surface area contributed by atoms with Crippen molar-refractivity contribution in [3.05, 3.63) is 46.2 Å². The fraction of sp³-hybridized carbons (Fsp3) is 0.154. The van der Waals surface area contributed by atoms with E-state index in [0.717, 1.165) is 23.1 Å². The molecule has 0 aliphatic rings. The minimum Gasteiger partial charge on any atom is -0.476 e. The molecular weight excluding hydrogens is 315 g/mol. The zero-order chi connectivity index (χ0) is 15.2. The maximum absolute atomic E-state index is 13.4. The first-order chi connectivity index (χ1) is 10.1. The van der Waals surface area contributed by atoms with Crippen molar-refractivity contribution in [1.29, 1.82) is 0 Å². The third-order valence-electron chi connectivity index (χ3n) is 2.40. The van der Waals surface area contributed by atoms with E-state index in [9.17, 15) is 14.0 Å². The van der Waals surface area contributed by atoms with Crippen LogP contribution in [0.5, 0.6) is 0 Å². The van der Waals surface area contributed by atoms with Gasteiger partial charge in [0.25, 0.3) is 0 Å². The SMILES string of the molecule is O=C(CSc1ccccc1F)NCc1nc(C(=O)O)cs1. The van der Waals surface area contributed by atoms with Crippen LogP contribution in [0.4, 0.5) is 4.39 Å². The van der Waals surface area contributed by atoms with E-state index in [1.165, 1.54) is 11.4 Å². The minimum absolute atomic E-state index is 0.0371. The van der Waals surface area contributed by atoms with Crippen molar-refractivity contribution < 1.29 is 19.1 Å². The molecule has 1 aromatic heterocycles. The Labute approximate surface area is 128 Å². The number of halogens is 1. The molecule has 0 radical (unpaired) electrons. The Bertz CT molecular complexity index is 660. The van der Waals surface area contributed by atoms with Gasteiger partial charge in [0.1, 0.15) is 10.8 Å². The summed E-state index contributed by atoms with van der Waals surface area (Å²) < 4.78 is 13.4. The van der Waals surface area contributed by atoms with Gasteiger partial charge in [0.05, 0.1) is 12.3 Å². The highest BCUT2D eigenvalue weighted by Crippen LogP contribution is 2.20. The average molecular weight is 326 g/mol. The average Bonchev–Trinajstić information content (AvgIpc) is 2.93. The number of hydrogen-bond donors (Lipinski definition) is 2. The summed E-state index contributed by atoms with van der Waals surface area (Å²) in [6.45, 7) is 0.161. The van der Waals surface area contributed by atoms with E-state index in [-0.39, 0.29) is 29.7 Å². The van der Waals surface area contributed by atoms with Crippen LogP contribution in [0.15, 0.2) is 34.5 Å². The molecule has 0 aliphatic carbocycles. The third-order valence-corrected chi connectivity index (χ3v) is 4.30. The third kappa shape index (κ3) is 4.54. The number of carbonyl (C=O) groups excluding carboxylic acids is 1. The van der Waals surface area contributed by atoms with Crippen molar-refractivity contribution in [3.63, 3.8) is 0 Å². The maximum Gasteiger partial charge on any atom is 0.355 e. The maximum atomic E-state index is 13.4. The molecule has 0 bridgehead atoms. The number of hydrogen-bond acceptors (Lipinski definition) is 5. The van der Waals surface area contributed by atoms with Gasteiger partial charge in [0.2, 0.25) is 5.91 Å². The molecule has 2 N–H and O–H groups in total. The smallest absolute Gasteiger partial charge is 0.355 e. The number of nitrogens with one attached hydrogen (secondary N) is 1. The molecule has 1 heterocycles. The zero-order valence-corrected chi connectivity index (χ0v) is 12.3. The number of thioether (sulfide) groups is 1. The molecule has 0 atom stereocenters. The van der Waals surface area contributed by atoms with Crippen LogP contribution in [0, 0.1) is 5.82 Å². The minimum atomic E-state index is -1.10.